The van der Waals surface area contributed by atoms with Crippen LogP contribution in [0.25, 0.3) is 10.6 Å². The number of hydrogen-bond donors (Lipinski definition) is 1. The number of amides is 1. The minimum atomic E-state index is 0.0105. The SMILES string of the molecule is O=C(c1csc(-c2ccsc2)n1)N1CCN(CCO)CC1. The number of nitrogens with zero attached hydrogens (tertiary/aromatic N) is 3. The highest BCUT2D eigenvalue weighted by molar-refractivity contribution is 7.14. The molecule has 5 nitrogen and oxygen atoms in total. The first kappa shape index (κ1) is 14.6. The van der Waals surface area contributed by atoms with Crippen molar-refractivity contribution < 1.29 is 9.90 Å². The van der Waals surface area contributed by atoms with Crippen LogP contribution in [0.4, 0.5) is 0 Å². The van der Waals surface area contributed by atoms with Crippen molar-refractivity contribution in [3.63, 3.8) is 0 Å². The van der Waals surface area contributed by atoms with E-state index in [1.807, 2.05) is 27.1 Å². The molecule has 0 bridgehead atoms. The first-order valence-electron chi connectivity index (χ1n) is 6.88. The normalized spacial score (nSPS) is 16.3. The molecule has 1 amide bonds. The number of carbonyl (C=O) groups excluding carboxylic acids is 1. The Morgan fingerprint density at radius 2 is 2.10 bits per heavy atom. The van der Waals surface area contributed by atoms with E-state index in [1.54, 1.807) is 11.3 Å². The molecule has 1 aliphatic rings. The highest BCUT2D eigenvalue weighted by Gasteiger charge is 2.23. The maximum absolute atomic E-state index is 12.5. The van der Waals surface area contributed by atoms with E-state index in [2.05, 4.69) is 9.88 Å². The van der Waals surface area contributed by atoms with Crippen LogP contribution in [0.2, 0.25) is 0 Å². The number of hydrogen-bond acceptors (Lipinski definition) is 6. The molecule has 112 valence electrons. The van der Waals surface area contributed by atoms with Gasteiger partial charge in [-0.25, -0.2) is 4.98 Å². The molecule has 0 aliphatic carbocycles. The van der Waals surface area contributed by atoms with Crippen LogP contribution >= 0.6 is 22.7 Å². The summed E-state index contributed by atoms with van der Waals surface area (Å²) in [5.41, 5.74) is 1.62. The largest absolute Gasteiger partial charge is 0.395 e. The predicted octanol–water partition coefficient (Wildman–Crippen LogP) is 1.62. The van der Waals surface area contributed by atoms with Crippen LogP contribution in [0.3, 0.4) is 0 Å². The first-order chi connectivity index (χ1) is 10.3. The molecule has 3 heterocycles. The van der Waals surface area contributed by atoms with Gasteiger partial charge in [-0.05, 0) is 11.4 Å². The van der Waals surface area contributed by atoms with Gasteiger partial charge in [0, 0.05) is 49.0 Å². The summed E-state index contributed by atoms with van der Waals surface area (Å²) in [6.45, 7) is 3.88. The molecular weight excluding hydrogens is 306 g/mol. The van der Waals surface area contributed by atoms with Crippen molar-refractivity contribution in [2.24, 2.45) is 0 Å². The Balaban J connectivity index is 1.64. The van der Waals surface area contributed by atoms with Gasteiger partial charge in [-0.15, -0.1) is 11.3 Å². The molecule has 0 unspecified atom stereocenters. The van der Waals surface area contributed by atoms with E-state index >= 15 is 0 Å². The van der Waals surface area contributed by atoms with E-state index < -0.39 is 0 Å². The average molecular weight is 323 g/mol. The Kier molecular flexibility index (Phi) is 4.64. The van der Waals surface area contributed by atoms with Crippen LogP contribution in [0, 0.1) is 0 Å². The molecule has 2 aromatic heterocycles. The third-order valence-electron chi connectivity index (χ3n) is 3.57. The monoisotopic (exact) mass is 323 g/mol. The van der Waals surface area contributed by atoms with Crippen molar-refractivity contribution in [3.05, 3.63) is 27.9 Å². The zero-order chi connectivity index (χ0) is 14.7. The van der Waals surface area contributed by atoms with E-state index in [9.17, 15) is 4.79 Å². The number of thiophene rings is 1. The molecule has 1 aliphatic heterocycles. The fourth-order valence-corrected chi connectivity index (χ4v) is 3.87. The lowest BCUT2D eigenvalue weighted by atomic mass is 10.3. The predicted molar refractivity (Wildman–Crippen MR) is 84.9 cm³/mol. The van der Waals surface area contributed by atoms with Gasteiger partial charge >= 0.3 is 0 Å². The number of aromatic nitrogens is 1. The summed E-state index contributed by atoms with van der Waals surface area (Å²) in [6, 6.07) is 2.02. The van der Waals surface area contributed by atoms with Gasteiger partial charge in [0.1, 0.15) is 10.7 Å². The van der Waals surface area contributed by atoms with Crippen LogP contribution in [-0.2, 0) is 0 Å². The molecular formula is C14H17N3O2S2. The summed E-state index contributed by atoms with van der Waals surface area (Å²) in [5, 5.41) is 15.7. The molecule has 21 heavy (non-hydrogen) atoms. The fraction of sp³-hybridized carbons (Fsp3) is 0.429. The van der Waals surface area contributed by atoms with E-state index in [0.29, 0.717) is 25.3 Å². The lowest BCUT2D eigenvalue weighted by molar-refractivity contribution is 0.0610. The highest BCUT2D eigenvalue weighted by atomic mass is 32.1. The van der Waals surface area contributed by atoms with Gasteiger partial charge in [0.25, 0.3) is 5.91 Å². The standard InChI is InChI=1S/C14H17N3O2S2/c18-7-6-16-2-4-17(5-3-16)14(19)12-10-21-13(15-12)11-1-8-20-9-11/h1,8-10,18H,2-7H2. The van der Waals surface area contributed by atoms with Crippen LogP contribution < -0.4 is 0 Å². The molecule has 0 saturated carbocycles. The minimum absolute atomic E-state index is 0.0105. The number of aliphatic hydroxyl groups is 1. The number of carbonyl (C=O) groups is 1. The Hall–Kier alpha value is -1.28. The summed E-state index contributed by atoms with van der Waals surface area (Å²) >= 11 is 3.14. The summed E-state index contributed by atoms with van der Waals surface area (Å²) in [4.78, 5) is 20.9. The second-order valence-electron chi connectivity index (χ2n) is 4.91. The second kappa shape index (κ2) is 6.65. The lowest BCUT2D eigenvalue weighted by Crippen LogP contribution is -2.49. The number of thiazole rings is 1. The van der Waals surface area contributed by atoms with E-state index in [1.165, 1.54) is 11.3 Å². The van der Waals surface area contributed by atoms with Gasteiger partial charge in [-0.2, -0.15) is 11.3 Å². The average Bonchev–Trinajstić information content (AvgIpc) is 3.19. The number of aliphatic hydroxyl groups excluding tert-OH is 1. The van der Waals surface area contributed by atoms with Crippen molar-refractivity contribution in [1.29, 1.82) is 0 Å². The Labute approximate surface area is 131 Å². The molecule has 7 heteroatoms. The zero-order valence-corrected chi connectivity index (χ0v) is 13.2. The third-order valence-corrected chi connectivity index (χ3v) is 5.14. The van der Waals surface area contributed by atoms with Crippen molar-refractivity contribution in [3.8, 4) is 10.6 Å². The van der Waals surface area contributed by atoms with Gasteiger partial charge in [0.2, 0.25) is 0 Å². The van der Waals surface area contributed by atoms with Crippen LogP contribution in [-0.4, -0.2) is 65.1 Å². The highest BCUT2D eigenvalue weighted by Crippen LogP contribution is 2.26. The molecule has 3 rings (SSSR count). The van der Waals surface area contributed by atoms with Gasteiger partial charge in [-0.1, -0.05) is 0 Å². The zero-order valence-electron chi connectivity index (χ0n) is 11.6. The Morgan fingerprint density at radius 1 is 1.29 bits per heavy atom. The summed E-state index contributed by atoms with van der Waals surface area (Å²) in [5.74, 6) is 0.0105. The lowest BCUT2D eigenvalue weighted by Gasteiger charge is -2.33. The molecule has 0 aromatic carbocycles. The quantitative estimate of drug-likeness (QED) is 0.929. The smallest absolute Gasteiger partial charge is 0.273 e. The number of β-amino-alcohol motifs (C(OH)–C–C–N with tert-alkyl or cyclic N) is 1. The summed E-state index contributed by atoms with van der Waals surface area (Å²) < 4.78 is 0. The van der Waals surface area contributed by atoms with Crippen LogP contribution in [0.15, 0.2) is 22.2 Å². The molecule has 2 aromatic rings. The number of rotatable bonds is 4. The van der Waals surface area contributed by atoms with Gasteiger partial charge < -0.3 is 10.0 Å². The van der Waals surface area contributed by atoms with Gasteiger partial charge in [0.05, 0.1) is 6.61 Å². The Morgan fingerprint density at radius 3 is 2.76 bits per heavy atom. The van der Waals surface area contributed by atoms with Gasteiger partial charge in [-0.3, -0.25) is 9.69 Å². The molecule has 1 fully saturated rings. The summed E-state index contributed by atoms with van der Waals surface area (Å²) in [6.07, 6.45) is 0. The third kappa shape index (κ3) is 3.32. The molecule has 1 saturated heterocycles. The molecule has 0 radical (unpaired) electrons. The second-order valence-corrected chi connectivity index (χ2v) is 6.55. The summed E-state index contributed by atoms with van der Waals surface area (Å²) in [7, 11) is 0. The molecule has 1 N–H and O–H groups in total. The van der Waals surface area contributed by atoms with Crippen LogP contribution in [0.1, 0.15) is 10.5 Å². The number of piperazine rings is 1. The Bertz CT molecular complexity index is 589. The fourth-order valence-electron chi connectivity index (χ4n) is 2.37. The van der Waals surface area contributed by atoms with Crippen molar-refractivity contribution >= 4 is 28.6 Å². The van der Waals surface area contributed by atoms with E-state index in [-0.39, 0.29) is 12.5 Å². The topological polar surface area (TPSA) is 56.7 Å². The molecule has 0 spiro atoms. The minimum Gasteiger partial charge on any atom is -0.395 e. The van der Waals surface area contributed by atoms with Crippen LogP contribution in [0.5, 0.6) is 0 Å². The van der Waals surface area contributed by atoms with Crippen molar-refractivity contribution in [1.82, 2.24) is 14.8 Å². The van der Waals surface area contributed by atoms with Gasteiger partial charge in [0.15, 0.2) is 0 Å². The van der Waals surface area contributed by atoms with E-state index in [4.69, 9.17) is 5.11 Å². The van der Waals surface area contributed by atoms with Crippen molar-refractivity contribution in [2.45, 2.75) is 0 Å². The maximum Gasteiger partial charge on any atom is 0.273 e. The van der Waals surface area contributed by atoms with Crippen molar-refractivity contribution in [2.75, 3.05) is 39.3 Å². The molecule has 0 atom stereocenters. The first-order valence-corrected chi connectivity index (χ1v) is 8.71. The van der Waals surface area contributed by atoms with E-state index in [0.717, 1.165) is 23.7 Å². The maximum atomic E-state index is 12.5.